The van der Waals surface area contributed by atoms with Crippen molar-refractivity contribution in [3.8, 4) is 0 Å². The van der Waals surface area contributed by atoms with E-state index in [-0.39, 0.29) is 6.04 Å². The SMILES string of the molecule is CC1CCC(C(N)c2ccc(C3CCCCC3)cc2)CC1. The van der Waals surface area contributed by atoms with Crippen LogP contribution in [0.1, 0.15) is 87.8 Å². The van der Waals surface area contributed by atoms with Gasteiger partial charge in [-0.15, -0.1) is 0 Å². The summed E-state index contributed by atoms with van der Waals surface area (Å²) in [5, 5.41) is 0. The first-order valence-electron chi connectivity index (χ1n) is 9.09. The van der Waals surface area contributed by atoms with E-state index < -0.39 is 0 Å². The summed E-state index contributed by atoms with van der Waals surface area (Å²) in [4.78, 5) is 0. The second-order valence-electron chi connectivity index (χ2n) is 7.55. The minimum Gasteiger partial charge on any atom is -0.324 e. The van der Waals surface area contributed by atoms with E-state index >= 15 is 0 Å². The lowest BCUT2D eigenvalue weighted by atomic mass is 9.77. The first-order chi connectivity index (χ1) is 10.2. The van der Waals surface area contributed by atoms with E-state index in [0.717, 1.165) is 11.8 Å². The maximum atomic E-state index is 6.54. The molecule has 0 heterocycles. The average molecular weight is 285 g/mol. The summed E-state index contributed by atoms with van der Waals surface area (Å²) in [6.45, 7) is 2.38. The Labute approximate surface area is 130 Å². The van der Waals surface area contributed by atoms with Gasteiger partial charge in [-0.25, -0.2) is 0 Å². The van der Waals surface area contributed by atoms with E-state index in [2.05, 4.69) is 31.2 Å². The zero-order valence-electron chi connectivity index (χ0n) is 13.6. The maximum Gasteiger partial charge on any atom is 0.0323 e. The van der Waals surface area contributed by atoms with Gasteiger partial charge < -0.3 is 5.73 Å². The quantitative estimate of drug-likeness (QED) is 0.773. The zero-order valence-corrected chi connectivity index (χ0v) is 13.6. The highest BCUT2D eigenvalue weighted by Crippen LogP contribution is 2.37. The lowest BCUT2D eigenvalue weighted by Crippen LogP contribution is -2.25. The van der Waals surface area contributed by atoms with Crippen LogP contribution in [0.3, 0.4) is 0 Å². The molecule has 1 aromatic carbocycles. The second-order valence-corrected chi connectivity index (χ2v) is 7.55. The number of benzene rings is 1. The van der Waals surface area contributed by atoms with Crippen molar-refractivity contribution in [3.63, 3.8) is 0 Å². The molecule has 0 spiro atoms. The Hall–Kier alpha value is -0.820. The lowest BCUT2D eigenvalue weighted by Gasteiger charge is -2.31. The fourth-order valence-electron chi connectivity index (χ4n) is 4.34. The van der Waals surface area contributed by atoms with Crippen LogP contribution in [0.25, 0.3) is 0 Å². The molecular weight excluding hydrogens is 254 g/mol. The lowest BCUT2D eigenvalue weighted by molar-refractivity contribution is 0.256. The minimum atomic E-state index is 0.248. The minimum absolute atomic E-state index is 0.248. The van der Waals surface area contributed by atoms with Crippen molar-refractivity contribution in [2.45, 2.75) is 76.7 Å². The predicted octanol–water partition coefficient (Wildman–Crippen LogP) is 5.56. The van der Waals surface area contributed by atoms with Gasteiger partial charge in [0.15, 0.2) is 0 Å². The van der Waals surface area contributed by atoms with Gasteiger partial charge in [-0.2, -0.15) is 0 Å². The number of hydrogen-bond acceptors (Lipinski definition) is 1. The van der Waals surface area contributed by atoms with Crippen molar-refractivity contribution in [1.29, 1.82) is 0 Å². The first-order valence-corrected chi connectivity index (χ1v) is 9.09. The number of hydrogen-bond donors (Lipinski definition) is 1. The maximum absolute atomic E-state index is 6.54. The molecule has 2 aliphatic rings. The van der Waals surface area contributed by atoms with Gasteiger partial charge in [0, 0.05) is 6.04 Å². The Morgan fingerprint density at radius 3 is 2.10 bits per heavy atom. The molecule has 2 saturated carbocycles. The number of nitrogens with two attached hydrogens (primary N) is 1. The molecule has 21 heavy (non-hydrogen) atoms. The molecule has 0 radical (unpaired) electrons. The van der Waals surface area contributed by atoms with E-state index in [1.54, 1.807) is 5.56 Å². The van der Waals surface area contributed by atoms with Crippen LogP contribution in [0.2, 0.25) is 0 Å². The molecule has 0 bridgehead atoms. The van der Waals surface area contributed by atoms with E-state index in [4.69, 9.17) is 5.73 Å². The van der Waals surface area contributed by atoms with Crippen LogP contribution in [0.5, 0.6) is 0 Å². The largest absolute Gasteiger partial charge is 0.324 e. The Morgan fingerprint density at radius 2 is 1.48 bits per heavy atom. The molecule has 0 saturated heterocycles. The highest BCUT2D eigenvalue weighted by molar-refractivity contribution is 5.28. The Morgan fingerprint density at radius 1 is 0.857 bits per heavy atom. The number of rotatable bonds is 3. The third kappa shape index (κ3) is 3.69. The Kier molecular flexibility index (Phi) is 5.00. The van der Waals surface area contributed by atoms with Crippen molar-refractivity contribution in [2.75, 3.05) is 0 Å². The normalized spacial score (nSPS) is 29.2. The van der Waals surface area contributed by atoms with Gasteiger partial charge in [0.05, 0.1) is 0 Å². The third-order valence-electron chi connectivity index (χ3n) is 5.97. The van der Waals surface area contributed by atoms with E-state index in [1.165, 1.54) is 63.4 Å². The van der Waals surface area contributed by atoms with Gasteiger partial charge in [0.1, 0.15) is 0 Å². The summed E-state index contributed by atoms with van der Waals surface area (Å²) in [6.07, 6.45) is 12.4. The molecule has 0 aliphatic heterocycles. The van der Waals surface area contributed by atoms with Crippen LogP contribution in [-0.2, 0) is 0 Å². The molecule has 0 amide bonds. The molecule has 1 aromatic rings. The molecule has 2 aliphatic carbocycles. The summed E-state index contributed by atoms with van der Waals surface area (Å²) in [5.74, 6) is 2.41. The van der Waals surface area contributed by atoms with Crippen LogP contribution < -0.4 is 5.73 Å². The highest BCUT2D eigenvalue weighted by atomic mass is 14.7. The van der Waals surface area contributed by atoms with E-state index in [9.17, 15) is 0 Å². The van der Waals surface area contributed by atoms with Gasteiger partial charge in [0.2, 0.25) is 0 Å². The average Bonchev–Trinajstić information content (AvgIpc) is 2.56. The van der Waals surface area contributed by atoms with Gasteiger partial charge in [-0.3, -0.25) is 0 Å². The predicted molar refractivity (Wildman–Crippen MR) is 90.3 cm³/mol. The van der Waals surface area contributed by atoms with Gasteiger partial charge in [-0.1, -0.05) is 63.3 Å². The van der Waals surface area contributed by atoms with Gasteiger partial charge in [-0.05, 0) is 54.6 Å². The van der Waals surface area contributed by atoms with Crippen LogP contribution in [0, 0.1) is 11.8 Å². The van der Waals surface area contributed by atoms with E-state index in [0.29, 0.717) is 5.92 Å². The van der Waals surface area contributed by atoms with Crippen molar-refractivity contribution in [3.05, 3.63) is 35.4 Å². The third-order valence-corrected chi connectivity index (χ3v) is 5.97. The van der Waals surface area contributed by atoms with Gasteiger partial charge >= 0.3 is 0 Å². The van der Waals surface area contributed by atoms with Crippen molar-refractivity contribution in [1.82, 2.24) is 0 Å². The Bertz CT molecular complexity index is 422. The van der Waals surface area contributed by atoms with Crippen LogP contribution in [0.15, 0.2) is 24.3 Å². The molecule has 2 N–H and O–H groups in total. The van der Waals surface area contributed by atoms with E-state index in [1.807, 2.05) is 0 Å². The zero-order chi connectivity index (χ0) is 14.7. The Balaban J connectivity index is 1.63. The molecule has 1 atom stereocenters. The fourth-order valence-corrected chi connectivity index (χ4v) is 4.34. The molecule has 1 unspecified atom stereocenters. The van der Waals surface area contributed by atoms with Crippen LogP contribution in [0.4, 0.5) is 0 Å². The summed E-state index contributed by atoms with van der Waals surface area (Å²) in [7, 11) is 0. The standard InChI is InChI=1S/C20H31N/c1-15-7-9-18(10-8-15)20(21)19-13-11-17(12-14-19)16-5-3-2-4-6-16/h11-16,18,20H,2-10,21H2,1H3. The first kappa shape index (κ1) is 15.1. The molecule has 3 rings (SSSR count). The van der Waals surface area contributed by atoms with Crippen molar-refractivity contribution in [2.24, 2.45) is 17.6 Å². The van der Waals surface area contributed by atoms with Crippen LogP contribution in [-0.4, -0.2) is 0 Å². The molecule has 1 heteroatoms. The second kappa shape index (κ2) is 6.96. The molecule has 116 valence electrons. The van der Waals surface area contributed by atoms with Gasteiger partial charge in [0.25, 0.3) is 0 Å². The monoisotopic (exact) mass is 285 g/mol. The molecule has 1 nitrogen and oxygen atoms in total. The highest BCUT2D eigenvalue weighted by Gasteiger charge is 2.25. The summed E-state index contributed by atoms with van der Waals surface area (Å²) < 4.78 is 0. The molecule has 2 fully saturated rings. The smallest absolute Gasteiger partial charge is 0.0323 e. The fraction of sp³-hybridized carbons (Fsp3) is 0.700. The van der Waals surface area contributed by atoms with Crippen molar-refractivity contribution >= 4 is 0 Å². The molecular formula is C20H31N. The summed E-state index contributed by atoms with van der Waals surface area (Å²) in [5.41, 5.74) is 9.44. The summed E-state index contributed by atoms with van der Waals surface area (Å²) >= 11 is 0. The summed E-state index contributed by atoms with van der Waals surface area (Å²) in [6, 6.07) is 9.59. The van der Waals surface area contributed by atoms with Crippen molar-refractivity contribution < 1.29 is 0 Å². The topological polar surface area (TPSA) is 26.0 Å². The van der Waals surface area contributed by atoms with Crippen LogP contribution >= 0.6 is 0 Å². The molecule has 0 aromatic heterocycles.